The normalized spacial score (nSPS) is 10.3. The van der Waals surface area contributed by atoms with Crippen molar-refractivity contribution in [2.75, 3.05) is 13.1 Å². The van der Waals surface area contributed by atoms with Crippen LogP contribution in [0.2, 0.25) is 0 Å². The summed E-state index contributed by atoms with van der Waals surface area (Å²) in [5.41, 5.74) is 1.84. The Labute approximate surface area is 115 Å². The molecular formula is C16H22N2O. The molecule has 0 bridgehead atoms. The van der Waals surface area contributed by atoms with Crippen LogP contribution in [0.3, 0.4) is 0 Å². The van der Waals surface area contributed by atoms with E-state index in [1.54, 1.807) is 4.90 Å². The third-order valence-corrected chi connectivity index (χ3v) is 2.99. The Morgan fingerprint density at radius 1 is 1.37 bits per heavy atom. The van der Waals surface area contributed by atoms with E-state index in [1.807, 2.05) is 31.2 Å². The van der Waals surface area contributed by atoms with Gasteiger partial charge < -0.3 is 4.90 Å². The van der Waals surface area contributed by atoms with Crippen molar-refractivity contribution in [3.8, 4) is 6.07 Å². The van der Waals surface area contributed by atoms with Crippen LogP contribution in [0.1, 0.15) is 43.1 Å². The molecule has 0 saturated heterocycles. The van der Waals surface area contributed by atoms with Gasteiger partial charge in [-0.15, -0.1) is 0 Å². The maximum absolute atomic E-state index is 12.6. The second-order valence-electron chi connectivity index (χ2n) is 5.06. The number of rotatable bonds is 6. The van der Waals surface area contributed by atoms with Crippen LogP contribution in [-0.2, 0) is 6.42 Å². The van der Waals surface area contributed by atoms with Crippen molar-refractivity contribution in [1.29, 1.82) is 5.26 Å². The highest BCUT2D eigenvalue weighted by Gasteiger charge is 2.18. The number of hydrogen-bond donors (Lipinski definition) is 0. The average Bonchev–Trinajstić information content (AvgIpc) is 2.42. The van der Waals surface area contributed by atoms with Crippen molar-refractivity contribution in [3.05, 3.63) is 35.4 Å². The summed E-state index contributed by atoms with van der Waals surface area (Å²) in [6.07, 6.45) is 1.22. The molecule has 0 aliphatic heterocycles. The summed E-state index contributed by atoms with van der Waals surface area (Å²) >= 11 is 0. The van der Waals surface area contributed by atoms with Crippen molar-refractivity contribution in [1.82, 2.24) is 4.90 Å². The summed E-state index contributed by atoms with van der Waals surface area (Å²) in [6, 6.07) is 9.83. The van der Waals surface area contributed by atoms with Crippen LogP contribution in [0.15, 0.2) is 24.3 Å². The fraction of sp³-hybridized carbons (Fsp3) is 0.500. The van der Waals surface area contributed by atoms with Crippen molar-refractivity contribution in [3.63, 3.8) is 0 Å². The van der Waals surface area contributed by atoms with E-state index in [2.05, 4.69) is 19.9 Å². The number of nitriles is 1. The molecule has 3 nitrogen and oxygen atoms in total. The minimum absolute atomic E-state index is 0.0430. The van der Waals surface area contributed by atoms with Crippen molar-refractivity contribution >= 4 is 5.91 Å². The molecule has 1 amide bonds. The van der Waals surface area contributed by atoms with E-state index in [4.69, 9.17) is 5.26 Å². The molecule has 0 saturated carbocycles. The Balaban J connectivity index is 2.94. The van der Waals surface area contributed by atoms with Crippen LogP contribution in [-0.4, -0.2) is 23.9 Å². The Morgan fingerprint density at radius 2 is 2.05 bits per heavy atom. The highest BCUT2D eigenvalue weighted by atomic mass is 16.2. The van der Waals surface area contributed by atoms with Crippen molar-refractivity contribution in [2.45, 2.75) is 33.6 Å². The van der Waals surface area contributed by atoms with E-state index in [1.165, 1.54) is 0 Å². The lowest BCUT2D eigenvalue weighted by atomic mass is 10.0. The van der Waals surface area contributed by atoms with E-state index < -0.39 is 0 Å². The van der Waals surface area contributed by atoms with Gasteiger partial charge in [0.25, 0.3) is 5.91 Å². The molecule has 0 aromatic heterocycles. The molecule has 1 aromatic rings. The first-order valence-electron chi connectivity index (χ1n) is 6.84. The summed E-state index contributed by atoms with van der Waals surface area (Å²) in [5.74, 6) is 0.442. The van der Waals surface area contributed by atoms with E-state index >= 15 is 0 Å². The van der Waals surface area contributed by atoms with E-state index in [0.29, 0.717) is 25.4 Å². The van der Waals surface area contributed by atoms with E-state index in [0.717, 1.165) is 17.5 Å². The quantitative estimate of drug-likeness (QED) is 0.786. The third kappa shape index (κ3) is 4.40. The van der Waals surface area contributed by atoms with Gasteiger partial charge in [0, 0.05) is 18.7 Å². The number of hydrogen-bond acceptors (Lipinski definition) is 2. The molecule has 0 atom stereocenters. The van der Waals surface area contributed by atoms with Gasteiger partial charge >= 0.3 is 0 Å². The fourth-order valence-electron chi connectivity index (χ4n) is 2.11. The molecule has 0 aliphatic carbocycles. The van der Waals surface area contributed by atoms with Gasteiger partial charge in [0.05, 0.1) is 12.5 Å². The lowest BCUT2D eigenvalue weighted by Crippen LogP contribution is -2.35. The number of aryl methyl sites for hydroxylation is 1. The van der Waals surface area contributed by atoms with Gasteiger partial charge in [-0.05, 0) is 24.0 Å². The maximum Gasteiger partial charge on any atom is 0.254 e. The summed E-state index contributed by atoms with van der Waals surface area (Å²) in [5, 5.41) is 8.71. The van der Waals surface area contributed by atoms with Crippen LogP contribution in [0.4, 0.5) is 0 Å². The van der Waals surface area contributed by atoms with Crippen LogP contribution >= 0.6 is 0 Å². The topological polar surface area (TPSA) is 44.1 Å². The van der Waals surface area contributed by atoms with Gasteiger partial charge in [0.1, 0.15) is 0 Å². The number of benzene rings is 1. The molecule has 102 valence electrons. The van der Waals surface area contributed by atoms with Crippen molar-refractivity contribution < 1.29 is 4.79 Å². The third-order valence-electron chi connectivity index (χ3n) is 2.99. The molecule has 0 radical (unpaired) electrons. The minimum Gasteiger partial charge on any atom is -0.337 e. The van der Waals surface area contributed by atoms with Gasteiger partial charge in [-0.3, -0.25) is 4.79 Å². The second-order valence-corrected chi connectivity index (χ2v) is 5.06. The molecule has 0 fully saturated rings. The number of nitrogens with zero attached hydrogens (tertiary/aromatic N) is 2. The first kappa shape index (κ1) is 15.2. The average molecular weight is 258 g/mol. The monoisotopic (exact) mass is 258 g/mol. The summed E-state index contributed by atoms with van der Waals surface area (Å²) < 4.78 is 0. The number of amides is 1. The zero-order valence-electron chi connectivity index (χ0n) is 12.0. The predicted octanol–water partition coefficient (Wildman–Crippen LogP) is 3.26. The molecule has 0 unspecified atom stereocenters. The summed E-state index contributed by atoms with van der Waals surface area (Å²) in [4.78, 5) is 14.4. The Hall–Kier alpha value is -1.82. The highest BCUT2D eigenvalue weighted by molar-refractivity contribution is 5.95. The van der Waals surface area contributed by atoms with Crippen LogP contribution in [0, 0.1) is 17.2 Å². The largest absolute Gasteiger partial charge is 0.337 e. The molecular weight excluding hydrogens is 236 g/mol. The molecule has 0 N–H and O–H groups in total. The van der Waals surface area contributed by atoms with Crippen LogP contribution < -0.4 is 0 Å². The standard InChI is InChI=1S/C16H22N2O/c1-4-14-8-5-6-9-15(14)16(19)18(11-7-10-17)12-13(2)3/h5-6,8-9,13H,4,7,11-12H2,1-3H3. The lowest BCUT2D eigenvalue weighted by Gasteiger charge is -2.24. The SMILES string of the molecule is CCc1ccccc1C(=O)N(CCC#N)CC(C)C. The Kier molecular flexibility index (Phi) is 6.08. The highest BCUT2D eigenvalue weighted by Crippen LogP contribution is 2.14. The Bertz CT molecular complexity index is 460. The zero-order chi connectivity index (χ0) is 14.3. The van der Waals surface area contributed by atoms with Crippen LogP contribution in [0.25, 0.3) is 0 Å². The predicted molar refractivity (Wildman–Crippen MR) is 76.8 cm³/mol. The minimum atomic E-state index is 0.0430. The Morgan fingerprint density at radius 3 is 2.63 bits per heavy atom. The van der Waals surface area contributed by atoms with Gasteiger partial charge in [0.2, 0.25) is 0 Å². The van der Waals surface area contributed by atoms with E-state index in [-0.39, 0.29) is 5.91 Å². The van der Waals surface area contributed by atoms with Gasteiger partial charge in [-0.25, -0.2) is 0 Å². The smallest absolute Gasteiger partial charge is 0.254 e. The van der Waals surface area contributed by atoms with Crippen LogP contribution in [0.5, 0.6) is 0 Å². The summed E-state index contributed by atoms with van der Waals surface area (Å²) in [6.45, 7) is 7.41. The lowest BCUT2D eigenvalue weighted by molar-refractivity contribution is 0.0739. The molecule has 1 rings (SSSR count). The number of carbonyl (C=O) groups is 1. The second kappa shape index (κ2) is 7.58. The molecule has 0 aliphatic rings. The van der Waals surface area contributed by atoms with Gasteiger partial charge in [0.15, 0.2) is 0 Å². The van der Waals surface area contributed by atoms with Gasteiger partial charge in [-0.1, -0.05) is 39.0 Å². The number of carbonyl (C=O) groups excluding carboxylic acids is 1. The zero-order valence-corrected chi connectivity index (χ0v) is 12.0. The molecule has 0 spiro atoms. The fourth-order valence-corrected chi connectivity index (χ4v) is 2.11. The summed E-state index contributed by atoms with van der Waals surface area (Å²) in [7, 11) is 0. The van der Waals surface area contributed by atoms with Crippen molar-refractivity contribution in [2.24, 2.45) is 5.92 Å². The van der Waals surface area contributed by atoms with E-state index in [9.17, 15) is 4.79 Å². The first-order chi connectivity index (χ1) is 9.10. The molecule has 19 heavy (non-hydrogen) atoms. The molecule has 1 aromatic carbocycles. The first-order valence-corrected chi connectivity index (χ1v) is 6.84. The molecule has 3 heteroatoms. The molecule has 0 heterocycles. The van der Waals surface area contributed by atoms with Gasteiger partial charge in [-0.2, -0.15) is 5.26 Å². The maximum atomic E-state index is 12.6.